The highest BCUT2D eigenvalue weighted by Gasteiger charge is 2.08. The molecule has 0 bridgehead atoms. The lowest BCUT2D eigenvalue weighted by Crippen LogP contribution is -2.01. The van der Waals surface area contributed by atoms with Crippen LogP contribution in [0.5, 0.6) is 0 Å². The van der Waals surface area contributed by atoms with Gasteiger partial charge in [0.1, 0.15) is 0 Å². The Labute approximate surface area is 103 Å². The van der Waals surface area contributed by atoms with E-state index in [9.17, 15) is 4.79 Å². The van der Waals surface area contributed by atoms with Gasteiger partial charge in [0.05, 0.1) is 23.1 Å². The second-order valence-electron chi connectivity index (χ2n) is 3.48. The van der Waals surface area contributed by atoms with Crippen LogP contribution >= 0.6 is 11.6 Å². The van der Waals surface area contributed by atoms with Crippen molar-refractivity contribution in [2.45, 2.75) is 6.54 Å². The van der Waals surface area contributed by atoms with Crippen molar-refractivity contribution in [3.05, 3.63) is 52.9 Å². The van der Waals surface area contributed by atoms with Gasteiger partial charge in [-0.15, -0.1) is 0 Å². The maximum absolute atomic E-state index is 10.8. The molecular weight excluding hydrogens is 242 g/mol. The van der Waals surface area contributed by atoms with Crippen LogP contribution in [0, 0.1) is 0 Å². The summed E-state index contributed by atoms with van der Waals surface area (Å²) in [6, 6.07) is 6.59. The molecular formula is C12H10ClNO3. The van der Waals surface area contributed by atoms with Gasteiger partial charge in [0, 0.05) is 17.8 Å². The van der Waals surface area contributed by atoms with Crippen LogP contribution in [-0.4, -0.2) is 11.1 Å². The van der Waals surface area contributed by atoms with Crippen LogP contribution < -0.4 is 5.32 Å². The van der Waals surface area contributed by atoms with Crippen LogP contribution in [-0.2, 0) is 6.54 Å². The first kappa shape index (κ1) is 11.5. The second-order valence-corrected chi connectivity index (χ2v) is 3.89. The fraction of sp³-hybridized carbons (Fsp3) is 0.0833. The van der Waals surface area contributed by atoms with Crippen molar-refractivity contribution in [3.63, 3.8) is 0 Å². The number of carboxylic acid groups (broad SMARTS) is 1. The minimum atomic E-state index is -1.03. The fourth-order valence-electron chi connectivity index (χ4n) is 1.40. The predicted octanol–water partition coefficient (Wildman–Crippen LogP) is 3.24. The largest absolute Gasteiger partial charge is 0.478 e. The molecule has 2 aromatic rings. The van der Waals surface area contributed by atoms with E-state index in [-0.39, 0.29) is 10.6 Å². The number of hydrogen-bond donors (Lipinski definition) is 2. The van der Waals surface area contributed by atoms with Crippen molar-refractivity contribution in [1.29, 1.82) is 0 Å². The lowest BCUT2D eigenvalue weighted by atomic mass is 10.2. The maximum Gasteiger partial charge on any atom is 0.337 e. The summed E-state index contributed by atoms with van der Waals surface area (Å²) in [4.78, 5) is 10.8. The Morgan fingerprint density at radius 1 is 1.41 bits per heavy atom. The molecule has 0 aliphatic carbocycles. The zero-order chi connectivity index (χ0) is 12.3. The summed E-state index contributed by atoms with van der Waals surface area (Å²) in [6.07, 6.45) is 3.23. The van der Waals surface area contributed by atoms with E-state index in [2.05, 4.69) is 5.32 Å². The number of hydrogen-bond acceptors (Lipinski definition) is 3. The topological polar surface area (TPSA) is 62.5 Å². The van der Waals surface area contributed by atoms with E-state index in [1.54, 1.807) is 24.7 Å². The Bertz CT molecular complexity index is 523. The Balaban J connectivity index is 2.07. The third-order valence-electron chi connectivity index (χ3n) is 2.28. The molecule has 0 saturated carbocycles. The maximum atomic E-state index is 10.8. The van der Waals surface area contributed by atoms with Crippen LogP contribution in [0.1, 0.15) is 15.9 Å². The summed E-state index contributed by atoms with van der Waals surface area (Å²) in [5.74, 6) is -1.03. The monoisotopic (exact) mass is 251 g/mol. The predicted molar refractivity (Wildman–Crippen MR) is 64.4 cm³/mol. The van der Waals surface area contributed by atoms with Crippen molar-refractivity contribution >= 4 is 23.3 Å². The number of furan rings is 1. The van der Waals surface area contributed by atoms with Gasteiger partial charge in [-0.25, -0.2) is 4.79 Å². The smallest absolute Gasteiger partial charge is 0.337 e. The number of benzene rings is 1. The van der Waals surface area contributed by atoms with Crippen molar-refractivity contribution in [2.24, 2.45) is 0 Å². The Morgan fingerprint density at radius 3 is 2.82 bits per heavy atom. The van der Waals surface area contributed by atoms with Crippen LogP contribution in [0.4, 0.5) is 5.69 Å². The summed E-state index contributed by atoms with van der Waals surface area (Å²) in [5, 5.41) is 12.2. The Kier molecular flexibility index (Phi) is 3.35. The Hall–Kier alpha value is -1.94. The standard InChI is InChI=1S/C12H10ClNO3/c13-11-5-9(1-2-10(11)12(15)16)14-6-8-3-4-17-7-8/h1-5,7,14H,6H2,(H,15,16). The number of carboxylic acids is 1. The first-order chi connectivity index (χ1) is 8.16. The highest BCUT2D eigenvalue weighted by atomic mass is 35.5. The van der Waals surface area contributed by atoms with E-state index in [1.165, 1.54) is 6.07 Å². The molecule has 2 N–H and O–H groups in total. The molecule has 88 valence electrons. The van der Waals surface area contributed by atoms with Gasteiger partial charge in [-0.05, 0) is 24.3 Å². The number of halogens is 1. The van der Waals surface area contributed by atoms with Crippen molar-refractivity contribution < 1.29 is 14.3 Å². The first-order valence-corrected chi connectivity index (χ1v) is 5.32. The van der Waals surface area contributed by atoms with Gasteiger partial charge in [0.2, 0.25) is 0 Å². The molecule has 1 aromatic carbocycles. The Morgan fingerprint density at radius 2 is 2.24 bits per heavy atom. The highest BCUT2D eigenvalue weighted by Crippen LogP contribution is 2.21. The summed E-state index contributed by atoms with van der Waals surface area (Å²) < 4.78 is 4.93. The molecule has 2 rings (SSSR count). The number of anilines is 1. The quantitative estimate of drug-likeness (QED) is 0.876. The molecule has 0 aliphatic rings. The molecule has 0 aliphatic heterocycles. The minimum absolute atomic E-state index is 0.0977. The lowest BCUT2D eigenvalue weighted by molar-refractivity contribution is 0.0697. The molecule has 0 spiro atoms. The fourth-order valence-corrected chi connectivity index (χ4v) is 1.66. The molecule has 17 heavy (non-hydrogen) atoms. The molecule has 0 saturated heterocycles. The van der Waals surface area contributed by atoms with Crippen molar-refractivity contribution in [1.82, 2.24) is 0 Å². The average Bonchev–Trinajstić information content (AvgIpc) is 2.78. The van der Waals surface area contributed by atoms with E-state index >= 15 is 0 Å². The highest BCUT2D eigenvalue weighted by molar-refractivity contribution is 6.33. The minimum Gasteiger partial charge on any atom is -0.478 e. The SMILES string of the molecule is O=C(O)c1ccc(NCc2ccoc2)cc1Cl. The van der Waals surface area contributed by atoms with E-state index in [0.29, 0.717) is 6.54 Å². The van der Waals surface area contributed by atoms with Gasteiger partial charge < -0.3 is 14.8 Å². The molecule has 0 radical (unpaired) electrons. The van der Waals surface area contributed by atoms with E-state index in [0.717, 1.165) is 11.3 Å². The molecule has 0 amide bonds. The molecule has 0 atom stereocenters. The summed E-state index contributed by atoms with van der Waals surface area (Å²) in [6.45, 7) is 0.596. The zero-order valence-corrected chi connectivity index (χ0v) is 9.57. The van der Waals surface area contributed by atoms with Gasteiger partial charge in [-0.3, -0.25) is 0 Å². The van der Waals surface area contributed by atoms with Crippen LogP contribution in [0.15, 0.2) is 41.2 Å². The number of aromatic carboxylic acids is 1. The van der Waals surface area contributed by atoms with Gasteiger partial charge in [-0.1, -0.05) is 11.6 Å². The molecule has 5 heteroatoms. The second kappa shape index (κ2) is 4.93. The molecule has 4 nitrogen and oxygen atoms in total. The van der Waals surface area contributed by atoms with Crippen molar-refractivity contribution in [2.75, 3.05) is 5.32 Å². The van der Waals surface area contributed by atoms with Gasteiger partial charge in [-0.2, -0.15) is 0 Å². The van der Waals surface area contributed by atoms with E-state index < -0.39 is 5.97 Å². The normalized spacial score (nSPS) is 10.2. The van der Waals surface area contributed by atoms with Gasteiger partial charge in [0.15, 0.2) is 0 Å². The third-order valence-corrected chi connectivity index (χ3v) is 2.59. The van der Waals surface area contributed by atoms with Crippen LogP contribution in [0.25, 0.3) is 0 Å². The number of nitrogens with one attached hydrogen (secondary N) is 1. The van der Waals surface area contributed by atoms with E-state index in [1.807, 2.05) is 6.07 Å². The summed E-state index contributed by atoms with van der Waals surface area (Å²) in [7, 11) is 0. The molecule has 1 aromatic heterocycles. The lowest BCUT2D eigenvalue weighted by Gasteiger charge is -2.06. The molecule has 0 unspecified atom stereocenters. The molecule has 1 heterocycles. The number of rotatable bonds is 4. The van der Waals surface area contributed by atoms with Gasteiger partial charge in [0.25, 0.3) is 0 Å². The molecule has 0 fully saturated rings. The van der Waals surface area contributed by atoms with Crippen LogP contribution in [0.3, 0.4) is 0 Å². The summed E-state index contributed by atoms with van der Waals surface area (Å²) in [5.41, 5.74) is 1.87. The summed E-state index contributed by atoms with van der Waals surface area (Å²) >= 11 is 5.85. The van der Waals surface area contributed by atoms with Gasteiger partial charge >= 0.3 is 5.97 Å². The third kappa shape index (κ3) is 2.79. The number of carbonyl (C=O) groups is 1. The van der Waals surface area contributed by atoms with E-state index in [4.69, 9.17) is 21.1 Å². The average molecular weight is 252 g/mol. The first-order valence-electron chi connectivity index (χ1n) is 4.94. The van der Waals surface area contributed by atoms with Crippen LogP contribution in [0.2, 0.25) is 5.02 Å². The zero-order valence-electron chi connectivity index (χ0n) is 8.81. The van der Waals surface area contributed by atoms with Crippen molar-refractivity contribution in [3.8, 4) is 0 Å².